The Kier molecular flexibility index (Phi) is 2.80. The van der Waals surface area contributed by atoms with E-state index in [4.69, 9.17) is 4.74 Å². The van der Waals surface area contributed by atoms with Crippen molar-refractivity contribution in [3.05, 3.63) is 0 Å². The maximum absolute atomic E-state index is 11.6. The molecule has 14 heavy (non-hydrogen) atoms. The van der Waals surface area contributed by atoms with Gasteiger partial charge in [-0.1, -0.05) is 19.8 Å². The first kappa shape index (κ1) is 10.0. The van der Waals surface area contributed by atoms with E-state index in [9.17, 15) is 4.79 Å². The predicted octanol–water partition coefficient (Wildman–Crippen LogP) is 3.05. The molecule has 1 aliphatic carbocycles. The van der Waals surface area contributed by atoms with Gasteiger partial charge < -0.3 is 4.74 Å². The van der Waals surface area contributed by atoms with Crippen molar-refractivity contribution in [1.29, 1.82) is 0 Å². The van der Waals surface area contributed by atoms with Crippen LogP contribution in [-0.4, -0.2) is 11.6 Å². The Morgan fingerprint density at radius 1 is 1.36 bits per heavy atom. The number of hydrogen-bond acceptors (Lipinski definition) is 2. The van der Waals surface area contributed by atoms with Crippen LogP contribution in [-0.2, 0) is 9.53 Å². The van der Waals surface area contributed by atoms with E-state index in [-0.39, 0.29) is 17.5 Å². The van der Waals surface area contributed by atoms with Gasteiger partial charge in [0.1, 0.15) is 5.60 Å². The minimum Gasteiger partial charge on any atom is -0.459 e. The van der Waals surface area contributed by atoms with Crippen LogP contribution in [0.4, 0.5) is 0 Å². The molecule has 1 heterocycles. The number of hydrogen-bond donors (Lipinski definition) is 0. The number of rotatable bonds is 2. The Morgan fingerprint density at radius 3 is 2.71 bits per heavy atom. The van der Waals surface area contributed by atoms with Crippen molar-refractivity contribution < 1.29 is 9.53 Å². The number of ether oxygens (including phenoxy) is 1. The Hall–Kier alpha value is -0.530. The Bertz CT molecular complexity index is 216. The maximum Gasteiger partial charge on any atom is 0.309 e. The molecule has 0 aromatic carbocycles. The topological polar surface area (TPSA) is 26.3 Å². The molecule has 2 heteroatoms. The fourth-order valence-electron chi connectivity index (χ4n) is 2.94. The van der Waals surface area contributed by atoms with Crippen LogP contribution in [0.1, 0.15) is 58.3 Å². The molecule has 0 aromatic rings. The molecule has 2 nitrogen and oxygen atoms in total. The molecule has 1 aliphatic heterocycles. The molecule has 1 unspecified atom stereocenters. The molecule has 1 saturated heterocycles. The van der Waals surface area contributed by atoms with Crippen molar-refractivity contribution in [2.45, 2.75) is 63.9 Å². The molecule has 2 rings (SSSR count). The lowest BCUT2D eigenvalue weighted by molar-refractivity contribution is -0.152. The van der Waals surface area contributed by atoms with Gasteiger partial charge in [0.2, 0.25) is 0 Å². The van der Waals surface area contributed by atoms with Gasteiger partial charge in [0.15, 0.2) is 0 Å². The van der Waals surface area contributed by atoms with Gasteiger partial charge in [-0.2, -0.15) is 0 Å². The third-order valence-corrected chi connectivity index (χ3v) is 3.67. The fraction of sp³-hybridized carbons (Fsp3) is 0.917. The first-order valence-corrected chi connectivity index (χ1v) is 5.99. The fourth-order valence-corrected chi connectivity index (χ4v) is 2.94. The predicted molar refractivity (Wildman–Crippen MR) is 54.9 cm³/mol. The van der Waals surface area contributed by atoms with Gasteiger partial charge >= 0.3 is 5.97 Å². The second kappa shape index (κ2) is 3.92. The minimum absolute atomic E-state index is 0.0326. The normalized spacial score (nSPS) is 30.6. The summed E-state index contributed by atoms with van der Waals surface area (Å²) in [5.41, 5.74) is -0.0326. The van der Waals surface area contributed by atoms with E-state index < -0.39 is 0 Å². The van der Waals surface area contributed by atoms with E-state index in [0.29, 0.717) is 0 Å². The summed E-state index contributed by atoms with van der Waals surface area (Å²) in [5.74, 6) is 0.284. The monoisotopic (exact) mass is 196 g/mol. The Labute approximate surface area is 86.0 Å². The zero-order chi connectivity index (χ0) is 10.0. The van der Waals surface area contributed by atoms with Crippen molar-refractivity contribution in [2.24, 2.45) is 5.92 Å². The summed E-state index contributed by atoms with van der Waals surface area (Å²) in [5, 5.41) is 0. The van der Waals surface area contributed by atoms with Gasteiger partial charge in [0.25, 0.3) is 0 Å². The quantitative estimate of drug-likeness (QED) is 0.634. The largest absolute Gasteiger partial charge is 0.459 e. The van der Waals surface area contributed by atoms with Crippen LogP contribution in [0, 0.1) is 5.92 Å². The lowest BCUT2D eigenvalue weighted by atomic mass is 9.80. The highest BCUT2D eigenvalue weighted by Crippen LogP contribution is 2.43. The molecule has 2 fully saturated rings. The maximum atomic E-state index is 11.6. The van der Waals surface area contributed by atoms with Crippen LogP contribution in [0.3, 0.4) is 0 Å². The Morgan fingerprint density at radius 2 is 2.07 bits per heavy atom. The van der Waals surface area contributed by atoms with Crippen molar-refractivity contribution >= 4 is 5.97 Å². The molecule has 1 spiro atoms. The standard InChI is InChI=1S/C12H20O2/c1-2-6-10-9-12(14-11(10)13)7-4-3-5-8-12/h10H,2-9H2,1H3. The molecule has 0 bridgehead atoms. The molecule has 80 valence electrons. The summed E-state index contributed by atoms with van der Waals surface area (Å²) in [7, 11) is 0. The molecular formula is C12H20O2. The van der Waals surface area contributed by atoms with Crippen molar-refractivity contribution in [3.63, 3.8) is 0 Å². The smallest absolute Gasteiger partial charge is 0.309 e. The zero-order valence-corrected chi connectivity index (χ0v) is 9.05. The van der Waals surface area contributed by atoms with E-state index >= 15 is 0 Å². The summed E-state index contributed by atoms with van der Waals surface area (Å²) in [6.45, 7) is 2.14. The molecule has 0 radical (unpaired) electrons. The first-order valence-electron chi connectivity index (χ1n) is 5.99. The summed E-state index contributed by atoms with van der Waals surface area (Å²) >= 11 is 0. The van der Waals surface area contributed by atoms with Crippen LogP contribution < -0.4 is 0 Å². The lowest BCUT2D eigenvalue weighted by Gasteiger charge is -2.31. The second-order valence-corrected chi connectivity index (χ2v) is 4.85. The van der Waals surface area contributed by atoms with E-state index in [1.165, 1.54) is 19.3 Å². The van der Waals surface area contributed by atoms with Crippen LogP contribution >= 0.6 is 0 Å². The number of esters is 1. The van der Waals surface area contributed by atoms with E-state index in [2.05, 4.69) is 6.92 Å². The lowest BCUT2D eigenvalue weighted by Crippen LogP contribution is -2.30. The number of carbonyl (C=O) groups is 1. The molecular weight excluding hydrogens is 176 g/mol. The van der Waals surface area contributed by atoms with Crippen molar-refractivity contribution in [1.82, 2.24) is 0 Å². The SMILES string of the molecule is CCCC1CC2(CCCCC2)OC1=O. The van der Waals surface area contributed by atoms with Gasteiger partial charge in [-0.25, -0.2) is 0 Å². The van der Waals surface area contributed by atoms with Crippen molar-refractivity contribution in [2.75, 3.05) is 0 Å². The summed E-state index contributed by atoms with van der Waals surface area (Å²) in [4.78, 5) is 11.6. The number of carbonyl (C=O) groups excluding carboxylic acids is 1. The molecule has 1 atom stereocenters. The van der Waals surface area contributed by atoms with Gasteiger partial charge in [0, 0.05) is 6.42 Å². The minimum atomic E-state index is -0.0326. The van der Waals surface area contributed by atoms with Gasteiger partial charge in [-0.05, 0) is 32.1 Å². The molecule has 0 amide bonds. The van der Waals surface area contributed by atoms with E-state index in [0.717, 1.165) is 32.1 Å². The molecule has 2 aliphatic rings. The third-order valence-electron chi connectivity index (χ3n) is 3.67. The zero-order valence-electron chi connectivity index (χ0n) is 9.05. The van der Waals surface area contributed by atoms with Crippen LogP contribution in [0.15, 0.2) is 0 Å². The van der Waals surface area contributed by atoms with Crippen LogP contribution in [0.25, 0.3) is 0 Å². The highest BCUT2D eigenvalue weighted by Gasteiger charge is 2.46. The van der Waals surface area contributed by atoms with Gasteiger partial charge in [0.05, 0.1) is 5.92 Å². The van der Waals surface area contributed by atoms with Gasteiger partial charge in [-0.15, -0.1) is 0 Å². The first-order chi connectivity index (χ1) is 6.76. The van der Waals surface area contributed by atoms with Crippen LogP contribution in [0.2, 0.25) is 0 Å². The average Bonchev–Trinajstić information content (AvgIpc) is 2.45. The summed E-state index contributed by atoms with van der Waals surface area (Å²) in [6, 6.07) is 0. The highest BCUT2D eigenvalue weighted by atomic mass is 16.6. The Balaban J connectivity index is 1.99. The van der Waals surface area contributed by atoms with E-state index in [1.54, 1.807) is 0 Å². The molecule has 0 N–H and O–H groups in total. The summed E-state index contributed by atoms with van der Waals surface area (Å²) < 4.78 is 5.62. The summed E-state index contributed by atoms with van der Waals surface area (Å²) in [6.07, 6.45) is 9.13. The third kappa shape index (κ3) is 1.79. The van der Waals surface area contributed by atoms with Crippen molar-refractivity contribution in [3.8, 4) is 0 Å². The average molecular weight is 196 g/mol. The highest BCUT2D eigenvalue weighted by molar-refractivity contribution is 5.75. The molecule has 0 aromatic heterocycles. The van der Waals surface area contributed by atoms with Crippen LogP contribution in [0.5, 0.6) is 0 Å². The van der Waals surface area contributed by atoms with Gasteiger partial charge in [-0.3, -0.25) is 4.79 Å². The van der Waals surface area contributed by atoms with E-state index in [1.807, 2.05) is 0 Å². The second-order valence-electron chi connectivity index (χ2n) is 4.85. The molecule has 1 saturated carbocycles.